The highest BCUT2D eigenvalue weighted by atomic mass is 35.5. The van der Waals surface area contributed by atoms with Crippen LogP contribution in [0.1, 0.15) is 40.2 Å². The van der Waals surface area contributed by atoms with Crippen molar-refractivity contribution < 1.29 is 27.5 Å². The Hall–Kier alpha value is -2.03. The molecule has 0 spiro atoms. The van der Waals surface area contributed by atoms with E-state index < -0.39 is 40.0 Å². The molecule has 0 bridgehead atoms. The smallest absolute Gasteiger partial charge is 0.419 e. The number of halogens is 4. The molecule has 0 atom stereocenters. The maximum absolute atomic E-state index is 13.2. The fourth-order valence-electron chi connectivity index (χ4n) is 2.01. The lowest BCUT2D eigenvalue weighted by atomic mass is 10.1. The molecule has 1 rings (SSSR count). The van der Waals surface area contributed by atoms with Crippen molar-refractivity contribution >= 4 is 35.1 Å². The molecule has 0 saturated heterocycles. The minimum Gasteiger partial charge on any atom is -0.449 e. The molecule has 140 valence electrons. The fourth-order valence-corrected chi connectivity index (χ4v) is 2.29. The van der Waals surface area contributed by atoms with Gasteiger partial charge >= 0.3 is 12.3 Å². The first-order valence-electron chi connectivity index (χ1n) is 7.31. The standard InChI is InChI=1S/C15H19ClF3N3O3/c1-6-25-13(24)22(14(3,4)5)12-10(16)11(21-8(2)23)9(7-20-12)15(17,18)19/h7H,6H2,1-5H3,(H,20,21,23). The first-order chi connectivity index (χ1) is 11.3. The molecule has 0 aliphatic heterocycles. The van der Waals surface area contributed by atoms with Crippen molar-refractivity contribution in [3.8, 4) is 0 Å². The highest BCUT2D eigenvalue weighted by Gasteiger charge is 2.39. The Balaban J connectivity index is 3.64. The number of nitrogens with one attached hydrogen (secondary N) is 1. The highest BCUT2D eigenvalue weighted by Crippen LogP contribution is 2.43. The van der Waals surface area contributed by atoms with Gasteiger partial charge in [-0.15, -0.1) is 0 Å². The van der Waals surface area contributed by atoms with Gasteiger partial charge in [-0.05, 0) is 27.7 Å². The van der Waals surface area contributed by atoms with Crippen molar-refractivity contribution in [3.05, 3.63) is 16.8 Å². The molecule has 0 radical (unpaired) electrons. The van der Waals surface area contributed by atoms with Gasteiger partial charge in [-0.3, -0.25) is 9.69 Å². The molecule has 0 unspecified atom stereocenters. The zero-order chi connectivity index (χ0) is 19.6. The van der Waals surface area contributed by atoms with Gasteiger partial charge in [-0.1, -0.05) is 11.6 Å². The van der Waals surface area contributed by atoms with Crippen molar-refractivity contribution in [1.82, 2.24) is 4.98 Å². The van der Waals surface area contributed by atoms with Gasteiger partial charge in [0, 0.05) is 18.7 Å². The van der Waals surface area contributed by atoms with E-state index in [1.54, 1.807) is 27.7 Å². The molecule has 6 nitrogen and oxygen atoms in total. The summed E-state index contributed by atoms with van der Waals surface area (Å²) in [6.45, 7) is 7.60. The molecule has 2 amide bonds. The summed E-state index contributed by atoms with van der Waals surface area (Å²) in [5, 5.41) is 1.55. The van der Waals surface area contributed by atoms with Gasteiger partial charge in [0.25, 0.3) is 0 Å². The molecule has 1 aromatic heterocycles. The van der Waals surface area contributed by atoms with Crippen LogP contribution >= 0.6 is 11.6 Å². The van der Waals surface area contributed by atoms with Gasteiger partial charge in [0.05, 0.1) is 17.9 Å². The molecular weight excluding hydrogens is 363 g/mol. The van der Waals surface area contributed by atoms with Crippen LogP contribution < -0.4 is 10.2 Å². The number of carbonyl (C=O) groups is 2. The lowest BCUT2D eigenvalue weighted by Gasteiger charge is -2.34. The first kappa shape index (κ1) is 21.0. The number of alkyl halides is 3. The second-order valence-electron chi connectivity index (χ2n) is 6.07. The van der Waals surface area contributed by atoms with Crippen LogP contribution in [-0.2, 0) is 15.7 Å². The van der Waals surface area contributed by atoms with Gasteiger partial charge in [0.15, 0.2) is 5.82 Å². The number of pyridine rings is 1. The van der Waals surface area contributed by atoms with Crippen LogP contribution in [0.3, 0.4) is 0 Å². The normalized spacial score (nSPS) is 11.9. The number of anilines is 2. The van der Waals surface area contributed by atoms with Gasteiger partial charge in [0.2, 0.25) is 5.91 Å². The lowest BCUT2D eigenvalue weighted by Crippen LogP contribution is -2.47. The van der Waals surface area contributed by atoms with Crippen LogP contribution in [0.15, 0.2) is 6.20 Å². The molecule has 25 heavy (non-hydrogen) atoms. The van der Waals surface area contributed by atoms with Crippen LogP contribution in [-0.4, -0.2) is 29.1 Å². The number of rotatable bonds is 3. The van der Waals surface area contributed by atoms with Crippen molar-refractivity contribution in [1.29, 1.82) is 0 Å². The molecule has 1 heterocycles. The maximum atomic E-state index is 13.2. The summed E-state index contributed by atoms with van der Waals surface area (Å²) in [6, 6.07) is 0. The summed E-state index contributed by atoms with van der Waals surface area (Å²) in [6.07, 6.45) is -5.09. The van der Waals surface area contributed by atoms with E-state index in [0.717, 1.165) is 11.8 Å². The van der Waals surface area contributed by atoms with E-state index in [0.29, 0.717) is 6.20 Å². The minimum absolute atomic E-state index is 0.0578. The Morgan fingerprint density at radius 1 is 1.32 bits per heavy atom. The summed E-state index contributed by atoms with van der Waals surface area (Å²) in [4.78, 5) is 28.3. The second-order valence-corrected chi connectivity index (χ2v) is 6.45. The highest BCUT2D eigenvalue weighted by molar-refractivity contribution is 6.36. The molecule has 0 fully saturated rings. The predicted octanol–water partition coefficient (Wildman–Crippen LogP) is 4.47. The fraction of sp³-hybridized carbons (Fsp3) is 0.533. The Morgan fingerprint density at radius 3 is 2.28 bits per heavy atom. The number of hydrogen-bond donors (Lipinski definition) is 1. The molecule has 1 N–H and O–H groups in total. The van der Waals surface area contributed by atoms with Crippen LogP contribution in [0.5, 0.6) is 0 Å². The molecule has 1 aromatic rings. The molecule has 0 aliphatic carbocycles. The van der Waals surface area contributed by atoms with E-state index in [2.05, 4.69) is 10.3 Å². The summed E-state index contributed by atoms with van der Waals surface area (Å²) < 4.78 is 44.4. The second kappa shape index (κ2) is 7.47. The largest absolute Gasteiger partial charge is 0.449 e. The number of ether oxygens (including phenoxy) is 1. The Bertz CT molecular complexity index is 672. The van der Waals surface area contributed by atoms with E-state index >= 15 is 0 Å². The maximum Gasteiger partial charge on any atom is 0.419 e. The number of nitrogens with zero attached hydrogens (tertiary/aromatic N) is 2. The SMILES string of the molecule is CCOC(=O)N(c1ncc(C(F)(F)F)c(NC(C)=O)c1Cl)C(C)(C)C. The Morgan fingerprint density at radius 2 is 1.88 bits per heavy atom. The van der Waals surface area contributed by atoms with E-state index in [1.165, 1.54) is 0 Å². The summed E-state index contributed by atoms with van der Waals surface area (Å²) in [5.74, 6) is -0.993. The predicted molar refractivity (Wildman–Crippen MR) is 87.8 cm³/mol. The zero-order valence-electron chi connectivity index (χ0n) is 14.4. The Kier molecular flexibility index (Phi) is 6.28. The van der Waals surface area contributed by atoms with E-state index in [-0.39, 0.29) is 12.4 Å². The van der Waals surface area contributed by atoms with E-state index in [4.69, 9.17) is 16.3 Å². The third-order valence-electron chi connectivity index (χ3n) is 2.94. The average molecular weight is 382 g/mol. The topological polar surface area (TPSA) is 71.5 Å². The monoisotopic (exact) mass is 381 g/mol. The molecule has 0 aliphatic rings. The van der Waals surface area contributed by atoms with Crippen molar-refractivity contribution in [2.24, 2.45) is 0 Å². The first-order valence-corrected chi connectivity index (χ1v) is 7.68. The summed E-state index contributed by atoms with van der Waals surface area (Å²) >= 11 is 6.08. The van der Waals surface area contributed by atoms with Crippen LogP contribution in [0.4, 0.5) is 29.5 Å². The summed E-state index contributed by atoms with van der Waals surface area (Å²) in [5.41, 5.74) is -2.77. The van der Waals surface area contributed by atoms with Crippen molar-refractivity contribution in [2.45, 2.75) is 46.3 Å². The third kappa shape index (κ3) is 4.97. The average Bonchev–Trinajstić information content (AvgIpc) is 2.40. The quantitative estimate of drug-likeness (QED) is 0.838. The Labute approximate surface area is 148 Å². The molecular formula is C15H19ClF3N3O3. The third-order valence-corrected chi connectivity index (χ3v) is 3.30. The number of hydrogen-bond acceptors (Lipinski definition) is 4. The lowest BCUT2D eigenvalue weighted by molar-refractivity contribution is -0.137. The zero-order valence-corrected chi connectivity index (χ0v) is 15.2. The van der Waals surface area contributed by atoms with E-state index in [9.17, 15) is 22.8 Å². The molecule has 10 heteroatoms. The van der Waals surface area contributed by atoms with Gasteiger partial charge < -0.3 is 10.1 Å². The molecule has 0 saturated carbocycles. The number of carbonyl (C=O) groups excluding carboxylic acids is 2. The van der Waals surface area contributed by atoms with Crippen LogP contribution in [0.25, 0.3) is 0 Å². The van der Waals surface area contributed by atoms with Gasteiger partial charge in [-0.25, -0.2) is 9.78 Å². The molecule has 0 aromatic carbocycles. The van der Waals surface area contributed by atoms with Crippen LogP contribution in [0.2, 0.25) is 5.02 Å². The number of amides is 2. The van der Waals surface area contributed by atoms with Crippen molar-refractivity contribution in [3.63, 3.8) is 0 Å². The van der Waals surface area contributed by atoms with Gasteiger partial charge in [0.1, 0.15) is 5.02 Å². The van der Waals surface area contributed by atoms with E-state index in [1.807, 2.05) is 0 Å². The van der Waals surface area contributed by atoms with Crippen LogP contribution in [0, 0.1) is 0 Å². The van der Waals surface area contributed by atoms with Gasteiger partial charge in [-0.2, -0.15) is 13.2 Å². The van der Waals surface area contributed by atoms with Crippen molar-refractivity contribution in [2.75, 3.05) is 16.8 Å². The number of aromatic nitrogens is 1. The minimum atomic E-state index is -4.79. The summed E-state index contributed by atoms with van der Waals surface area (Å²) in [7, 11) is 0.